The number of hydrogen-bond donors (Lipinski definition) is 1. The quantitative estimate of drug-likeness (QED) is 0.341. The number of rotatable bonds is 7. The minimum Gasteiger partial charge on any atom is -0.442 e. The van der Waals surface area contributed by atoms with E-state index in [1.807, 2.05) is 11.0 Å². The van der Waals surface area contributed by atoms with Gasteiger partial charge in [-0.2, -0.15) is 0 Å². The zero-order chi connectivity index (χ0) is 27.9. The monoisotopic (exact) mass is 547 g/mol. The van der Waals surface area contributed by atoms with Gasteiger partial charge in [0.2, 0.25) is 5.95 Å². The van der Waals surface area contributed by atoms with Gasteiger partial charge in [0.25, 0.3) is 5.89 Å². The van der Waals surface area contributed by atoms with Crippen LogP contribution in [0.1, 0.15) is 49.9 Å². The normalized spacial score (nSPS) is 18.6. The summed E-state index contributed by atoms with van der Waals surface area (Å²) in [4.78, 5) is 22.8. The minimum absolute atomic E-state index is 0.0250. The Hall–Kier alpha value is -4.42. The SMILES string of the molecule is CC(C)(C)C(=O)OCn1cc(C2CCN(c3nnc(-c4cnc(NC5Cc6ccc(F)cc6C5)nc4)o3)C2)nn1. The first-order valence-electron chi connectivity index (χ1n) is 13.2. The van der Waals surface area contributed by atoms with E-state index < -0.39 is 5.41 Å². The van der Waals surface area contributed by atoms with Gasteiger partial charge in [0, 0.05) is 37.4 Å². The fraction of sp³-hybridized carbons (Fsp3) is 0.444. The number of benzene rings is 1. The van der Waals surface area contributed by atoms with E-state index in [1.165, 1.54) is 10.7 Å². The van der Waals surface area contributed by atoms with Gasteiger partial charge < -0.3 is 19.4 Å². The van der Waals surface area contributed by atoms with Crippen LogP contribution in [0.25, 0.3) is 11.5 Å². The molecular formula is C27H30FN9O3. The molecular weight excluding hydrogens is 517 g/mol. The van der Waals surface area contributed by atoms with Crippen molar-refractivity contribution in [3.8, 4) is 11.5 Å². The van der Waals surface area contributed by atoms with E-state index >= 15 is 0 Å². The number of fused-ring (bicyclic) bond motifs is 1. The first-order chi connectivity index (χ1) is 19.2. The smallest absolute Gasteiger partial charge is 0.318 e. The fourth-order valence-electron chi connectivity index (χ4n) is 4.92. The number of aromatic nitrogens is 7. The lowest BCUT2D eigenvalue weighted by atomic mass is 9.98. The van der Waals surface area contributed by atoms with Crippen LogP contribution in [-0.4, -0.2) is 60.3 Å². The van der Waals surface area contributed by atoms with Crippen LogP contribution in [-0.2, 0) is 29.1 Å². The molecule has 2 unspecified atom stereocenters. The Kier molecular flexibility index (Phi) is 6.64. The molecule has 208 valence electrons. The van der Waals surface area contributed by atoms with Crippen LogP contribution in [0.4, 0.5) is 16.4 Å². The van der Waals surface area contributed by atoms with E-state index in [0.717, 1.165) is 42.6 Å². The third-order valence-electron chi connectivity index (χ3n) is 7.12. The molecule has 1 N–H and O–H groups in total. The molecule has 1 fully saturated rings. The molecule has 1 aliphatic heterocycles. The number of ether oxygens (including phenoxy) is 1. The molecule has 0 amide bonds. The lowest BCUT2D eigenvalue weighted by Gasteiger charge is -2.16. The van der Waals surface area contributed by atoms with Crippen molar-refractivity contribution in [2.24, 2.45) is 5.41 Å². The summed E-state index contributed by atoms with van der Waals surface area (Å²) in [6.45, 7) is 6.81. The fourth-order valence-corrected chi connectivity index (χ4v) is 4.92. The predicted octanol–water partition coefficient (Wildman–Crippen LogP) is 3.38. The minimum atomic E-state index is -0.575. The number of carbonyl (C=O) groups is 1. The first-order valence-corrected chi connectivity index (χ1v) is 13.2. The van der Waals surface area contributed by atoms with Crippen LogP contribution in [0, 0.1) is 11.2 Å². The van der Waals surface area contributed by atoms with Crippen molar-refractivity contribution in [1.29, 1.82) is 0 Å². The van der Waals surface area contributed by atoms with E-state index in [4.69, 9.17) is 9.15 Å². The van der Waals surface area contributed by atoms with Crippen LogP contribution < -0.4 is 10.2 Å². The molecule has 13 heteroatoms. The van der Waals surface area contributed by atoms with Crippen molar-refractivity contribution < 1.29 is 18.3 Å². The second-order valence-electron chi connectivity index (χ2n) is 11.3. The standard InChI is InChI=1S/C27H30FN9O3/c1-27(2,3)24(38)39-15-37-14-22(32-35-37)17-6-7-36(13-17)26-34-33-23(40-26)19-11-29-25(30-12-19)31-21-9-16-4-5-20(28)8-18(16)10-21/h4-5,8,11-12,14,17,21H,6-7,9-10,13,15H2,1-3H3,(H,29,30,31). The van der Waals surface area contributed by atoms with Gasteiger partial charge in [-0.05, 0) is 63.3 Å². The Morgan fingerprint density at radius 1 is 1.15 bits per heavy atom. The summed E-state index contributed by atoms with van der Waals surface area (Å²) in [6, 6.07) is 5.45. The number of halogens is 1. The number of esters is 1. The average molecular weight is 548 g/mol. The summed E-state index contributed by atoms with van der Waals surface area (Å²) in [7, 11) is 0. The molecule has 0 radical (unpaired) electrons. The van der Waals surface area contributed by atoms with Crippen LogP contribution >= 0.6 is 0 Å². The molecule has 6 rings (SSSR count). The molecule has 4 aromatic rings. The predicted molar refractivity (Wildman–Crippen MR) is 142 cm³/mol. The zero-order valence-electron chi connectivity index (χ0n) is 22.5. The van der Waals surface area contributed by atoms with E-state index in [2.05, 4.69) is 35.8 Å². The van der Waals surface area contributed by atoms with Gasteiger partial charge in [-0.3, -0.25) is 4.79 Å². The van der Waals surface area contributed by atoms with Crippen molar-refractivity contribution in [2.75, 3.05) is 23.3 Å². The van der Waals surface area contributed by atoms with Crippen LogP contribution in [0.15, 0.2) is 41.2 Å². The van der Waals surface area contributed by atoms with E-state index in [9.17, 15) is 9.18 Å². The largest absolute Gasteiger partial charge is 0.442 e. The highest BCUT2D eigenvalue weighted by Crippen LogP contribution is 2.31. The Morgan fingerprint density at radius 3 is 2.75 bits per heavy atom. The molecule has 2 atom stereocenters. The van der Waals surface area contributed by atoms with Gasteiger partial charge in [-0.1, -0.05) is 16.4 Å². The highest BCUT2D eigenvalue weighted by molar-refractivity contribution is 5.75. The maximum Gasteiger partial charge on any atom is 0.318 e. The van der Waals surface area contributed by atoms with Gasteiger partial charge in [0.15, 0.2) is 6.73 Å². The first kappa shape index (κ1) is 25.8. The molecule has 12 nitrogen and oxygen atoms in total. The highest BCUT2D eigenvalue weighted by Gasteiger charge is 2.30. The summed E-state index contributed by atoms with van der Waals surface area (Å²) < 4.78 is 26.3. The van der Waals surface area contributed by atoms with E-state index in [1.54, 1.807) is 45.4 Å². The average Bonchev–Trinajstić information content (AvgIpc) is 3.72. The molecule has 1 aromatic carbocycles. The van der Waals surface area contributed by atoms with Crippen molar-refractivity contribution in [3.05, 3.63) is 59.4 Å². The Labute approximate surface area is 230 Å². The van der Waals surface area contributed by atoms with E-state index in [0.29, 0.717) is 30.0 Å². The van der Waals surface area contributed by atoms with Crippen LogP contribution in [0.2, 0.25) is 0 Å². The van der Waals surface area contributed by atoms with Gasteiger partial charge in [0.1, 0.15) is 5.82 Å². The van der Waals surface area contributed by atoms with Gasteiger partial charge in [-0.15, -0.1) is 10.2 Å². The van der Waals surface area contributed by atoms with Crippen molar-refractivity contribution in [3.63, 3.8) is 0 Å². The maximum absolute atomic E-state index is 13.5. The van der Waals surface area contributed by atoms with Gasteiger partial charge >= 0.3 is 12.0 Å². The number of hydrogen-bond acceptors (Lipinski definition) is 11. The summed E-state index contributed by atoms with van der Waals surface area (Å²) >= 11 is 0. The number of carbonyl (C=O) groups excluding carboxylic acids is 1. The number of anilines is 2. The highest BCUT2D eigenvalue weighted by atomic mass is 19.1. The maximum atomic E-state index is 13.5. The molecule has 2 aliphatic rings. The molecule has 4 heterocycles. The lowest BCUT2D eigenvalue weighted by Crippen LogP contribution is -2.24. The molecule has 1 aliphatic carbocycles. The van der Waals surface area contributed by atoms with Crippen LogP contribution in [0.5, 0.6) is 0 Å². The molecule has 0 bridgehead atoms. The van der Waals surface area contributed by atoms with E-state index in [-0.39, 0.29) is 30.5 Å². The Morgan fingerprint density at radius 2 is 1.95 bits per heavy atom. The second kappa shape index (κ2) is 10.3. The summed E-state index contributed by atoms with van der Waals surface area (Å²) in [6.07, 6.45) is 7.46. The third-order valence-corrected chi connectivity index (χ3v) is 7.12. The summed E-state index contributed by atoms with van der Waals surface area (Å²) in [5, 5.41) is 20.1. The van der Waals surface area contributed by atoms with Gasteiger partial charge in [-0.25, -0.2) is 19.0 Å². The van der Waals surface area contributed by atoms with Gasteiger partial charge in [0.05, 0.1) is 22.9 Å². The Balaban J connectivity index is 1.03. The van der Waals surface area contributed by atoms with Crippen molar-refractivity contribution in [2.45, 2.75) is 58.7 Å². The number of nitrogens with one attached hydrogen (secondary N) is 1. The Bertz CT molecular complexity index is 1510. The number of nitrogens with zero attached hydrogens (tertiary/aromatic N) is 8. The zero-order valence-corrected chi connectivity index (χ0v) is 22.5. The summed E-state index contributed by atoms with van der Waals surface area (Å²) in [5.41, 5.74) is 3.02. The molecule has 3 aromatic heterocycles. The van der Waals surface area contributed by atoms with Crippen molar-refractivity contribution in [1.82, 2.24) is 35.2 Å². The molecule has 0 spiro atoms. The lowest BCUT2D eigenvalue weighted by molar-refractivity contribution is -0.157. The second-order valence-corrected chi connectivity index (χ2v) is 11.3. The van der Waals surface area contributed by atoms with Crippen LogP contribution in [0.3, 0.4) is 0 Å². The molecule has 1 saturated heterocycles. The summed E-state index contributed by atoms with van der Waals surface area (Å²) in [5.74, 6) is 0.449. The molecule has 40 heavy (non-hydrogen) atoms. The molecule has 0 saturated carbocycles. The third kappa shape index (κ3) is 5.49. The van der Waals surface area contributed by atoms with Crippen molar-refractivity contribution >= 4 is 17.9 Å². The topological polar surface area (TPSA) is 137 Å².